The minimum Gasteiger partial charge on any atom is -0.349 e. The molecule has 34 heavy (non-hydrogen) atoms. The monoisotopic (exact) mass is 459 g/mol. The summed E-state index contributed by atoms with van der Waals surface area (Å²) in [5.74, 6) is 0.574. The van der Waals surface area contributed by atoms with E-state index in [0.29, 0.717) is 23.0 Å². The normalized spacial score (nSPS) is 15.6. The third-order valence-electron chi connectivity index (χ3n) is 6.10. The molecule has 2 aliphatic rings. The fourth-order valence-electron chi connectivity index (χ4n) is 4.05. The number of carbonyl (C=O) groups is 2. The van der Waals surface area contributed by atoms with Crippen LogP contribution >= 0.6 is 0 Å². The summed E-state index contributed by atoms with van der Waals surface area (Å²) in [7, 11) is 0. The Morgan fingerprint density at radius 1 is 1.03 bits per heavy atom. The number of benzene rings is 2. The molecule has 1 fully saturated rings. The molecule has 0 bridgehead atoms. The van der Waals surface area contributed by atoms with E-state index in [1.807, 2.05) is 0 Å². The predicted octanol–water partition coefficient (Wildman–Crippen LogP) is 4.35. The van der Waals surface area contributed by atoms with Gasteiger partial charge in [-0.2, -0.15) is 0 Å². The van der Waals surface area contributed by atoms with E-state index >= 15 is 0 Å². The van der Waals surface area contributed by atoms with Crippen molar-refractivity contribution in [1.29, 1.82) is 0 Å². The van der Waals surface area contributed by atoms with E-state index in [1.165, 1.54) is 12.1 Å². The minimum absolute atomic E-state index is 0.0873. The molecule has 2 heterocycles. The Kier molecular flexibility index (Phi) is 6.20. The highest BCUT2D eigenvalue weighted by Gasteiger charge is 2.23. The molecular formula is C26H26FN5O2. The Labute approximate surface area is 197 Å². The number of fused-ring (bicyclic) bond motifs is 1. The summed E-state index contributed by atoms with van der Waals surface area (Å²) >= 11 is 0. The first-order chi connectivity index (χ1) is 16.6. The molecule has 3 aromatic rings. The van der Waals surface area contributed by atoms with Crippen LogP contribution in [0.25, 0.3) is 17.5 Å². The van der Waals surface area contributed by atoms with Crippen molar-refractivity contribution < 1.29 is 14.0 Å². The van der Waals surface area contributed by atoms with Crippen molar-refractivity contribution in [1.82, 2.24) is 20.1 Å². The Morgan fingerprint density at radius 2 is 1.85 bits per heavy atom. The number of rotatable bonds is 6. The molecule has 0 spiro atoms. The molecule has 0 atom stereocenters. The molecule has 174 valence electrons. The molecule has 0 saturated heterocycles. The molecule has 2 aromatic carbocycles. The number of aryl methyl sites for hydroxylation is 1. The summed E-state index contributed by atoms with van der Waals surface area (Å²) < 4.78 is 16.5. The van der Waals surface area contributed by atoms with E-state index in [4.69, 9.17) is 0 Å². The van der Waals surface area contributed by atoms with E-state index in [9.17, 15) is 14.0 Å². The third-order valence-corrected chi connectivity index (χ3v) is 6.10. The number of anilines is 1. The molecule has 0 radical (unpaired) electrons. The smallest absolute Gasteiger partial charge is 0.251 e. The lowest BCUT2D eigenvalue weighted by Crippen LogP contribution is -2.25. The Bertz CT molecular complexity index is 1240. The molecular weight excluding hydrogens is 433 g/mol. The minimum atomic E-state index is -0.521. The zero-order valence-corrected chi connectivity index (χ0v) is 18.8. The van der Waals surface area contributed by atoms with Gasteiger partial charge in [0.25, 0.3) is 5.91 Å². The number of hydrogen-bond acceptors (Lipinski definition) is 4. The molecule has 2 N–H and O–H groups in total. The zero-order valence-electron chi connectivity index (χ0n) is 18.8. The van der Waals surface area contributed by atoms with E-state index in [1.54, 1.807) is 42.5 Å². The fourth-order valence-corrected chi connectivity index (χ4v) is 4.05. The number of halogens is 1. The number of amides is 2. The van der Waals surface area contributed by atoms with Gasteiger partial charge in [-0.15, -0.1) is 10.2 Å². The van der Waals surface area contributed by atoms with Crippen molar-refractivity contribution in [2.75, 3.05) is 5.32 Å². The van der Waals surface area contributed by atoms with Crippen LogP contribution in [0.15, 0.2) is 48.5 Å². The second-order valence-electron chi connectivity index (χ2n) is 8.79. The van der Waals surface area contributed by atoms with Gasteiger partial charge in [0.2, 0.25) is 5.91 Å². The topological polar surface area (TPSA) is 88.9 Å². The second-order valence-corrected chi connectivity index (χ2v) is 8.79. The average Bonchev–Trinajstić information content (AvgIpc) is 3.62. The molecule has 5 rings (SSSR count). The number of hydrogen-bond donors (Lipinski definition) is 2. The summed E-state index contributed by atoms with van der Waals surface area (Å²) in [6, 6.07) is 11.9. The maximum Gasteiger partial charge on any atom is 0.251 e. The molecule has 0 unspecified atom stereocenters. The Hall–Kier alpha value is -3.81. The van der Waals surface area contributed by atoms with Crippen molar-refractivity contribution in [2.45, 2.75) is 51.1 Å². The molecule has 8 heteroatoms. The highest BCUT2D eigenvalue weighted by atomic mass is 19.1. The number of carbonyl (C=O) groups excluding carboxylic acids is 2. The maximum absolute atomic E-state index is 14.4. The van der Waals surface area contributed by atoms with Gasteiger partial charge in [-0.3, -0.25) is 9.59 Å². The Balaban J connectivity index is 1.26. The van der Waals surface area contributed by atoms with Crippen LogP contribution in [0, 0.1) is 5.82 Å². The lowest BCUT2D eigenvalue weighted by Gasteiger charge is -2.09. The standard InChI is InChI=1S/C26H26FN5O2/c27-21-13-10-19(25-31-30-23-4-2-1-3-15-32(23)25)16-22(21)29-24(33)14-7-17-5-8-18(9-6-17)26(34)28-20-11-12-20/h5-10,13-14,16,20H,1-4,11-12,15H2,(H,28,34)(H,29,33)/b14-7+. The van der Waals surface area contributed by atoms with Crippen LogP contribution in [0.3, 0.4) is 0 Å². The van der Waals surface area contributed by atoms with Crippen LogP contribution in [0.1, 0.15) is 53.8 Å². The van der Waals surface area contributed by atoms with Crippen LogP contribution in [0.2, 0.25) is 0 Å². The van der Waals surface area contributed by atoms with Gasteiger partial charge < -0.3 is 15.2 Å². The van der Waals surface area contributed by atoms with Crippen molar-refractivity contribution in [3.63, 3.8) is 0 Å². The van der Waals surface area contributed by atoms with Crippen molar-refractivity contribution in [3.05, 3.63) is 71.3 Å². The summed E-state index contributed by atoms with van der Waals surface area (Å²) in [5.41, 5.74) is 2.14. The average molecular weight is 460 g/mol. The van der Waals surface area contributed by atoms with Gasteiger partial charge in [0, 0.05) is 36.2 Å². The van der Waals surface area contributed by atoms with Gasteiger partial charge in [0.1, 0.15) is 11.6 Å². The van der Waals surface area contributed by atoms with E-state index < -0.39 is 11.7 Å². The highest BCUT2D eigenvalue weighted by Crippen LogP contribution is 2.26. The molecule has 1 saturated carbocycles. The van der Waals surface area contributed by atoms with E-state index in [2.05, 4.69) is 25.4 Å². The van der Waals surface area contributed by atoms with E-state index in [0.717, 1.165) is 56.5 Å². The van der Waals surface area contributed by atoms with Crippen LogP contribution in [-0.2, 0) is 17.8 Å². The summed E-state index contributed by atoms with van der Waals surface area (Å²) in [6.45, 7) is 0.834. The quantitative estimate of drug-likeness (QED) is 0.536. The van der Waals surface area contributed by atoms with Gasteiger partial charge in [-0.05, 0) is 67.7 Å². The van der Waals surface area contributed by atoms with Crippen LogP contribution in [0.4, 0.5) is 10.1 Å². The number of nitrogens with zero attached hydrogens (tertiary/aromatic N) is 3. The first-order valence-corrected chi connectivity index (χ1v) is 11.7. The van der Waals surface area contributed by atoms with Crippen molar-refractivity contribution >= 4 is 23.6 Å². The zero-order chi connectivity index (χ0) is 23.5. The van der Waals surface area contributed by atoms with Crippen LogP contribution < -0.4 is 10.6 Å². The van der Waals surface area contributed by atoms with E-state index in [-0.39, 0.29) is 11.6 Å². The summed E-state index contributed by atoms with van der Waals surface area (Å²) in [5, 5.41) is 14.2. The van der Waals surface area contributed by atoms with Gasteiger partial charge >= 0.3 is 0 Å². The molecule has 2 amide bonds. The van der Waals surface area contributed by atoms with Gasteiger partial charge in [0.15, 0.2) is 5.82 Å². The SMILES string of the molecule is O=C(/C=C/c1ccc(C(=O)NC2CC2)cc1)Nc1cc(-c2nnc3n2CCCCC3)ccc1F. The molecule has 1 aromatic heterocycles. The lowest BCUT2D eigenvalue weighted by atomic mass is 10.1. The van der Waals surface area contributed by atoms with Gasteiger partial charge in [-0.25, -0.2) is 4.39 Å². The Morgan fingerprint density at radius 3 is 2.65 bits per heavy atom. The lowest BCUT2D eigenvalue weighted by molar-refractivity contribution is -0.111. The first-order valence-electron chi connectivity index (χ1n) is 11.7. The van der Waals surface area contributed by atoms with Crippen molar-refractivity contribution in [3.8, 4) is 11.4 Å². The third kappa shape index (κ3) is 5.06. The van der Waals surface area contributed by atoms with Crippen molar-refractivity contribution in [2.24, 2.45) is 0 Å². The summed E-state index contributed by atoms with van der Waals surface area (Å²) in [6.07, 6.45) is 9.21. The summed E-state index contributed by atoms with van der Waals surface area (Å²) in [4.78, 5) is 24.5. The first kappa shape index (κ1) is 22.0. The molecule has 1 aliphatic heterocycles. The van der Waals surface area contributed by atoms with Crippen LogP contribution in [0.5, 0.6) is 0 Å². The van der Waals surface area contributed by atoms with Gasteiger partial charge in [0.05, 0.1) is 5.69 Å². The maximum atomic E-state index is 14.4. The highest BCUT2D eigenvalue weighted by molar-refractivity contribution is 6.02. The van der Waals surface area contributed by atoms with Gasteiger partial charge in [-0.1, -0.05) is 18.6 Å². The molecule has 1 aliphatic carbocycles. The molecule has 7 nitrogen and oxygen atoms in total. The van der Waals surface area contributed by atoms with Crippen LogP contribution in [-0.4, -0.2) is 32.6 Å². The largest absolute Gasteiger partial charge is 0.349 e. The predicted molar refractivity (Wildman–Crippen MR) is 128 cm³/mol. The second kappa shape index (κ2) is 9.59. The fraction of sp³-hybridized carbons (Fsp3) is 0.308. The number of nitrogens with one attached hydrogen (secondary N) is 2. The number of aromatic nitrogens is 3.